The lowest BCUT2D eigenvalue weighted by Gasteiger charge is -2.21. The highest BCUT2D eigenvalue weighted by molar-refractivity contribution is 6.32. The van der Waals surface area contributed by atoms with Gasteiger partial charge in [-0.3, -0.25) is 11.3 Å². The van der Waals surface area contributed by atoms with E-state index in [2.05, 4.69) is 19.3 Å². The van der Waals surface area contributed by atoms with Gasteiger partial charge >= 0.3 is 0 Å². The van der Waals surface area contributed by atoms with Gasteiger partial charge in [0.2, 0.25) is 0 Å². The first-order valence-corrected chi connectivity index (χ1v) is 6.82. The standard InChI is InChI=1S/C14H23ClN2O2/c1-5-9(2)6-12(17-16)10-7-11(15)14(19-4)13(8-10)18-3/h7-9,12,17H,5-6,16H2,1-4H3. The summed E-state index contributed by atoms with van der Waals surface area (Å²) in [7, 11) is 3.17. The van der Waals surface area contributed by atoms with Crippen LogP contribution in [0.15, 0.2) is 12.1 Å². The average Bonchev–Trinajstić information content (AvgIpc) is 2.43. The Morgan fingerprint density at radius 2 is 2.00 bits per heavy atom. The van der Waals surface area contributed by atoms with Crippen LogP contribution in [0.1, 0.15) is 38.3 Å². The summed E-state index contributed by atoms with van der Waals surface area (Å²) in [5.41, 5.74) is 3.85. The molecule has 1 aromatic rings. The number of methoxy groups -OCH3 is 2. The van der Waals surface area contributed by atoms with Crippen LogP contribution in [-0.4, -0.2) is 14.2 Å². The highest BCUT2D eigenvalue weighted by atomic mass is 35.5. The van der Waals surface area contributed by atoms with Crippen molar-refractivity contribution in [3.63, 3.8) is 0 Å². The number of hydrogen-bond acceptors (Lipinski definition) is 4. The predicted molar refractivity (Wildman–Crippen MR) is 78.7 cm³/mol. The zero-order valence-corrected chi connectivity index (χ0v) is 12.8. The van der Waals surface area contributed by atoms with E-state index in [1.807, 2.05) is 12.1 Å². The number of hydrogen-bond donors (Lipinski definition) is 2. The molecule has 0 fully saturated rings. The number of benzene rings is 1. The highest BCUT2D eigenvalue weighted by Gasteiger charge is 2.18. The van der Waals surface area contributed by atoms with Crippen molar-refractivity contribution in [3.05, 3.63) is 22.7 Å². The Labute approximate surface area is 120 Å². The Kier molecular flexibility index (Phi) is 6.42. The fraction of sp³-hybridized carbons (Fsp3) is 0.571. The van der Waals surface area contributed by atoms with E-state index in [1.54, 1.807) is 14.2 Å². The number of nitrogens with two attached hydrogens (primary N) is 1. The van der Waals surface area contributed by atoms with Crippen molar-refractivity contribution < 1.29 is 9.47 Å². The average molecular weight is 287 g/mol. The maximum absolute atomic E-state index is 6.21. The molecule has 19 heavy (non-hydrogen) atoms. The lowest BCUT2D eigenvalue weighted by atomic mass is 9.94. The van der Waals surface area contributed by atoms with Gasteiger partial charge in [0.15, 0.2) is 11.5 Å². The van der Waals surface area contributed by atoms with E-state index in [0.717, 1.165) is 18.4 Å². The van der Waals surface area contributed by atoms with E-state index in [4.69, 9.17) is 26.9 Å². The van der Waals surface area contributed by atoms with Gasteiger partial charge in [0.05, 0.1) is 19.2 Å². The lowest BCUT2D eigenvalue weighted by molar-refractivity contribution is 0.352. The molecule has 108 valence electrons. The van der Waals surface area contributed by atoms with Crippen LogP contribution in [0.4, 0.5) is 0 Å². The summed E-state index contributed by atoms with van der Waals surface area (Å²) >= 11 is 6.21. The van der Waals surface area contributed by atoms with E-state index < -0.39 is 0 Å². The topological polar surface area (TPSA) is 56.5 Å². The summed E-state index contributed by atoms with van der Waals surface area (Å²) in [6, 6.07) is 3.83. The second kappa shape index (κ2) is 7.58. The molecular formula is C14H23ClN2O2. The van der Waals surface area contributed by atoms with Gasteiger partial charge in [0, 0.05) is 6.04 Å². The first kappa shape index (κ1) is 16.1. The van der Waals surface area contributed by atoms with Gasteiger partial charge in [-0.25, -0.2) is 0 Å². The molecule has 1 rings (SSSR count). The second-order valence-electron chi connectivity index (χ2n) is 4.71. The van der Waals surface area contributed by atoms with Gasteiger partial charge in [-0.05, 0) is 30.0 Å². The van der Waals surface area contributed by atoms with E-state index in [1.165, 1.54) is 0 Å². The van der Waals surface area contributed by atoms with Crippen molar-refractivity contribution in [2.75, 3.05) is 14.2 Å². The molecule has 5 heteroatoms. The molecule has 1 aromatic carbocycles. The van der Waals surface area contributed by atoms with E-state index >= 15 is 0 Å². The van der Waals surface area contributed by atoms with Gasteiger partial charge in [-0.2, -0.15) is 0 Å². The van der Waals surface area contributed by atoms with Crippen LogP contribution in [0.5, 0.6) is 11.5 Å². The molecule has 0 aromatic heterocycles. The molecule has 0 heterocycles. The van der Waals surface area contributed by atoms with Crippen molar-refractivity contribution in [2.24, 2.45) is 11.8 Å². The molecule has 2 unspecified atom stereocenters. The fourth-order valence-corrected chi connectivity index (χ4v) is 2.30. The normalized spacial score (nSPS) is 14.0. The van der Waals surface area contributed by atoms with Gasteiger partial charge in [-0.1, -0.05) is 31.9 Å². The largest absolute Gasteiger partial charge is 0.493 e. The van der Waals surface area contributed by atoms with Crippen LogP contribution < -0.4 is 20.7 Å². The lowest BCUT2D eigenvalue weighted by Crippen LogP contribution is -2.29. The fourth-order valence-electron chi connectivity index (χ4n) is 2.01. The number of nitrogens with one attached hydrogen (secondary N) is 1. The van der Waals surface area contributed by atoms with E-state index in [-0.39, 0.29) is 6.04 Å². The Bertz CT molecular complexity index is 413. The Hall–Kier alpha value is -0.970. The van der Waals surface area contributed by atoms with Gasteiger partial charge in [-0.15, -0.1) is 0 Å². The van der Waals surface area contributed by atoms with Crippen molar-refractivity contribution in [3.8, 4) is 11.5 Å². The summed E-state index contributed by atoms with van der Waals surface area (Å²) in [6.07, 6.45) is 2.05. The van der Waals surface area contributed by atoms with Crippen molar-refractivity contribution in [1.29, 1.82) is 0 Å². The Morgan fingerprint density at radius 3 is 2.47 bits per heavy atom. The van der Waals surface area contributed by atoms with Crippen LogP contribution in [0.2, 0.25) is 5.02 Å². The SMILES string of the molecule is CCC(C)CC(NN)c1cc(Cl)c(OC)c(OC)c1. The van der Waals surface area contributed by atoms with Gasteiger partial charge in [0.1, 0.15) is 0 Å². The highest BCUT2D eigenvalue weighted by Crippen LogP contribution is 2.38. The minimum absolute atomic E-state index is 0.0484. The summed E-state index contributed by atoms with van der Waals surface area (Å²) in [4.78, 5) is 0. The third-order valence-electron chi connectivity index (χ3n) is 3.39. The summed E-state index contributed by atoms with van der Waals surface area (Å²) in [5.74, 6) is 7.40. The Balaban J connectivity index is 3.07. The first-order chi connectivity index (χ1) is 9.07. The monoisotopic (exact) mass is 286 g/mol. The van der Waals surface area contributed by atoms with Crippen molar-refractivity contribution in [1.82, 2.24) is 5.43 Å². The zero-order valence-electron chi connectivity index (χ0n) is 12.0. The molecule has 0 amide bonds. The van der Waals surface area contributed by atoms with Gasteiger partial charge in [0.25, 0.3) is 0 Å². The van der Waals surface area contributed by atoms with Crippen LogP contribution >= 0.6 is 11.6 Å². The molecule has 0 aliphatic heterocycles. The van der Waals surface area contributed by atoms with Crippen molar-refractivity contribution >= 4 is 11.6 Å². The van der Waals surface area contributed by atoms with E-state index in [9.17, 15) is 0 Å². The molecule has 0 saturated heterocycles. The summed E-state index contributed by atoms with van der Waals surface area (Å²) in [6.45, 7) is 4.37. The molecule has 0 aliphatic rings. The molecule has 0 bridgehead atoms. The third-order valence-corrected chi connectivity index (χ3v) is 3.68. The maximum Gasteiger partial charge on any atom is 0.179 e. The van der Waals surface area contributed by atoms with E-state index in [0.29, 0.717) is 22.4 Å². The van der Waals surface area contributed by atoms with Crippen LogP contribution in [-0.2, 0) is 0 Å². The molecule has 0 aliphatic carbocycles. The quantitative estimate of drug-likeness (QED) is 0.596. The molecule has 0 saturated carbocycles. The van der Waals surface area contributed by atoms with Crippen molar-refractivity contribution in [2.45, 2.75) is 32.7 Å². The summed E-state index contributed by atoms with van der Waals surface area (Å²) < 4.78 is 10.5. The van der Waals surface area contributed by atoms with Crippen LogP contribution in [0.25, 0.3) is 0 Å². The molecule has 0 spiro atoms. The number of ether oxygens (including phenoxy) is 2. The Morgan fingerprint density at radius 1 is 1.32 bits per heavy atom. The first-order valence-electron chi connectivity index (χ1n) is 6.44. The zero-order chi connectivity index (χ0) is 14.4. The molecule has 4 nitrogen and oxygen atoms in total. The number of rotatable bonds is 7. The van der Waals surface area contributed by atoms with Gasteiger partial charge < -0.3 is 9.47 Å². The molecule has 0 radical (unpaired) electrons. The molecule has 3 N–H and O–H groups in total. The third kappa shape index (κ3) is 4.00. The molecular weight excluding hydrogens is 264 g/mol. The summed E-state index contributed by atoms with van der Waals surface area (Å²) in [5, 5.41) is 0.529. The number of hydrazine groups is 1. The van der Waals surface area contributed by atoms with Crippen LogP contribution in [0.3, 0.4) is 0 Å². The second-order valence-corrected chi connectivity index (χ2v) is 5.11. The van der Waals surface area contributed by atoms with Crippen LogP contribution in [0, 0.1) is 5.92 Å². The number of halogens is 1. The minimum Gasteiger partial charge on any atom is -0.493 e. The minimum atomic E-state index is 0.0484. The smallest absolute Gasteiger partial charge is 0.179 e. The maximum atomic E-state index is 6.21. The predicted octanol–water partition coefficient (Wildman–Crippen LogP) is 3.30. The molecule has 2 atom stereocenters.